The summed E-state index contributed by atoms with van der Waals surface area (Å²) in [6, 6.07) is 9.23. The second kappa shape index (κ2) is 8.70. The zero-order valence-corrected chi connectivity index (χ0v) is 15.6. The number of hydrogen-bond acceptors (Lipinski definition) is 0. The molecule has 0 bridgehead atoms. The fourth-order valence-electron chi connectivity index (χ4n) is 4.60. The van der Waals surface area contributed by atoms with Crippen LogP contribution in [0.15, 0.2) is 48.6 Å². The van der Waals surface area contributed by atoms with Crippen LogP contribution < -0.4 is 0 Å². The predicted molar refractivity (Wildman–Crippen MR) is 105 cm³/mol. The van der Waals surface area contributed by atoms with Crippen LogP contribution in [-0.4, -0.2) is 0 Å². The van der Waals surface area contributed by atoms with Crippen molar-refractivity contribution < 1.29 is 0 Å². The number of allylic oxidation sites excluding steroid dienone is 4. The molecule has 2 aliphatic rings. The Labute approximate surface area is 149 Å². The largest absolute Gasteiger partial charge is 0.0914 e. The molecule has 0 saturated heterocycles. The summed E-state index contributed by atoms with van der Waals surface area (Å²) in [5.41, 5.74) is 2.94. The van der Waals surface area contributed by atoms with E-state index in [1.54, 1.807) is 5.56 Å². The van der Waals surface area contributed by atoms with E-state index in [1.807, 2.05) is 0 Å². The standard InChI is InChI=1S/C24H34/c1-3-4-20-7-9-21(10-8-20)11-12-22-13-17-24(18-14-22)23-15-5-19(2)6-16-23/h3-6,11-12,15-16,20-22,24H,7-10,13-14,17-18H2,1-2H3/b4-3+,12-11+. The van der Waals surface area contributed by atoms with E-state index in [1.165, 1.54) is 56.9 Å². The fourth-order valence-corrected chi connectivity index (χ4v) is 4.60. The molecule has 2 fully saturated rings. The number of hydrogen-bond donors (Lipinski definition) is 0. The summed E-state index contributed by atoms with van der Waals surface area (Å²) >= 11 is 0. The van der Waals surface area contributed by atoms with Crippen molar-refractivity contribution in [3.05, 3.63) is 59.7 Å². The Kier molecular flexibility index (Phi) is 6.35. The van der Waals surface area contributed by atoms with Gasteiger partial charge in [-0.05, 0) is 94.4 Å². The highest BCUT2D eigenvalue weighted by Crippen LogP contribution is 2.37. The summed E-state index contributed by atoms with van der Waals surface area (Å²) in [5, 5.41) is 0. The van der Waals surface area contributed by atoms with Gasteiger partial charge in [0.2, 0.25) is 0 Å². The van der Waals surface area contributed by atoms with Gasteiger partial charge in [-0.15, -0.1) is 0 Å². The van der Waals surface area contributed by atoms with E-state index in [4.69, 9.17) is 0 Å². The molecule has 2 aliphatic carbocycles. The smallest absolute Gasteiger partial charge is 0.0162 e. The van der Waals surface area contributed by atoms with E-state index in [0.29, 0.717) is 0 Å². The van der Waals surface area contributed by atoms with Gasteiger partial charge in [0, 0.05) is 0 Å². The molecular weight excluding hydrogens is 288 g/mol. The number of rotatable bonds is 4. The monoisotopic (exact) mass is 322 g/mol. The van der Waals surface area contributed by atoms with Gasteiger partial charge in [-0.2, -0.15) is 0 Å². The van der Waals surface area contributed by atoms with Crippen LogP contribution in [-0.2, 0) is 0 Å². The molecule has 0 heterocycles. The first kappa shape index (κ1) is 17.5. The predicted octanol–water partition coefficient (Wildman–Crippen LogP) is 7.21. The van der Waals surface area contributed by atoms with Crippen LogP contribution in [0.1, 0.15) is 75.3 Å². The Morgan fingerprint density at radius 3 is 1.62 bits per heavy atom. The molecule has 1 aromatic rings. The van der Waals surface area contributed by atoms with E-state index in [9.17, 15) is 0 Å². The lowest BCUT2D eigenvalue weighted by Crippen LogP contribution is -2.13. The summed E-state index contributed by atoms with van der Waals surface area (Å²) in [4.78, 5) is 0. The number of aryl methyl sites for hydroxylation is 1. The molecular formula is C24H34. The van der Waals surface area contributed by atoms with Crippen LogP contribution in [0.5, 0.6) is 0 Å². The molecule has 0 aliphatic heterocycles. The third-order valence-corrected chi connectivity index (χ3v) is 6.26. The summed E-state index contributed by atoms with van der Waals surface area (Å²) in [6.45, 7) is 4.33. The van der Waals surface area contributed by atoms with Gasteiger partial charge in [-0.3, -0.25) is 0 Å². The molecule has 130 valence electrons. The average Bonchev–Trinajstić information content (AvgIpc) is 2.63. The molecule has 0 N–H and O–H groups in total. The van der Waals surface area contributed by atoms with Gasteiger partial charge in [0.05, 0.1) is 0 Å². The first-order chi connectivity index (χ1) is 11.7. The average molecular weight is 323 g/mol. The minimum Gasteiger partial charge on any atom is -0.0914 e. The maximum absolute atomic E-state index is 2.58. The van der Waals surface area contributed by atoms with Crippen LogP contribution in [0.2, 0.25) is 0 Å². The van der Waals surface area contributed by atoms with E-state index < -0.39 is 0 Å². The van der Waals surface area contributed by atoms with Crippen molar-refractivity contribution >= 4 is 0 Å². The van der Waals surface area contributed by atoms with Crippen LogP contribution in [0.3, 0.4) is 0 Å². The third-order valence-electron chi connectivity index (χ3n) is 6.26. The van der Waals surface area contributed by atoms with Gasteiger partial charge in [0.15, 0.2) is 0 Å². The van der Waals surface area contributed by atoms with E-state index >= 15 is 0 Å². The molecule has 0 heteroatoms. The molecule has 24 heavy (non-hydrogen) atoms. The summed E-state index contributed by atoms with van der Waals surface area (Å²) in [6.07, 6.45) is 20.8. The van der Waals surface area contributed by atoms with E-state index in [-0.39, 0.29) is 0 Å². The van der Waals surface area contributed by atoms with Gasteiger partial charge < -0.3 is 0 Å². The lowest BCUT2D eigenvalue weighted by Gasteiger charge is -2.28. The Balaban J connectivity index is 1.43. The molecule has 0 radical (unpaired) electrons. The van der Waals surface area contributed by atoms with Crippen molar-refractivity contribution in [1.82, 2.24) is 0 Å². The van der Waals surface area contributed by atoms with Crippen LogP contribution >= 0.6 is 0 Å². The zero-order valence-electron chi connectivity index (χ0n) is 15.6. The Hall–Kier alpha value is -1.30. The van der Waals surface area contributed by atoms with Crippen molar-refractivity contribution in [3.63, 3.8) is 0 Å². The second-order valence-corrected chi connectivity index (χ2v) is 8.11. The van der Waals surface area contributed by atoms with Gasteiger partial charge in [-0.1, -0.05) is 54.1 Å². The topological polar surface area (TPSA) is 0 Å². The van der Waals surface area contributed by atoms with Crippen molar-refractivity contribution in [1.29, 1.82) is 0 Å². The Morgan fingerprint density at radius 1 is 0.667 bits per heavy atom. The quantitative estimate of drug-likeness (QED) is 0.514. The maximum Gasteiger partial charge on any atom is -0.0162 e. The summed E-state index contributed by atoms with van der Waals surface area (Å²) in [7, 11) is 0. The minimum absolute atomic E-state index is 0.798. The first-order valence-corrected chi connectivity index (χ1v) is 10.1. The molecule has 0 nitrogen and oxygen atoms in total. The van der Waals surface area contributed by atoms with Crippen LogP contribution in [0.4, 0.5) is 0 Å². The van der Waals surface area contributed by atoms with Crippen molar-refractivity contribution in [2.45, 2.75) is 71.1 Å². The Bertz CT molecular complexity index is 532. The molecule has 0 unspecified atom stereocenters. The van der Waals surface area contributed by atoms with Gasteiger partial charge in [0.1, 0.15) is 0 Å². The van der Waals surface area contributed by atoms with Gasteiger partial charge in [-0.25, -0.2) is 0 Å². The highest BCUT2D eigenvalue weighted by atomic mass is 14.3. The summed E-state index contributed by atoms with van der Waals surface area (Å²) < 4.78 is 0. The fraction of sp³-hybridized carbons (Fsp3) is 0.583. The Morgan fingerprint density at radius 2 is 1.12 bits per heavy atom. The van der Waals surface area contributed by atoms with Crippen LogP contribution in [0, 0.1) is 24.7 Å². The maximum atomic E-state index is 2.58. The third kappa shape index (κ3) is 4.85. The molecule has 0 aromatic heterocycles. The van der Waals surface area contributed by atoms with Crippen LogP contribution in [0.25, 0.3) is 0 Å². The SMILES string of the molecule is C/C=C/C1CCC(/C=C/C2CCC(c3ccc(C)cc3)CC2)CC1. The molecule has 1 aromatic carbocycles. The number of benzene rings is 1. The second-order valence-electron chi connectivity index (χ2n) is 8.11. The lowest BCUT2D eigenvalue weighted by molar-refractivity contribution is 0.348. The van der Waals surface area contributed by atoms with E-state index in [0.717, 1.165) is 23.7 Å². The molecule has 0 spiro atoms. The molecule has 2 saturated carbocycles. The van der Waals surface area contributed by atoms with Gasteiger partial charge in [0.25, 0.3) is 0 Å². The molecule has 0 amide bonds. The molecule has 3 rings (SSSR count). The highest BCUT2D eigenvalue weighted by molar-refractivity contribution is 5.25. The van der Waals surface area contributed by atoms with Gasteiger partial charge >= 0.3 is 0 Å². The van der Waals surface area contributed by atoms with E-state index in [2.05, 4.69) is 62.4 Å². The molecule has 0 atom stereocenters. The summed E-state index contributed by atoms with van der Waals surface area (Å²) in [5.74, 6) is 3.33. The zero-order chi connectivity index (χ0) is 16.8. The lowest BCUT2D eigenvalue weighted by atomic mass is 9.77. The normalized spacial score (nSPS) is 31.8. The first-order valence-electron chi connectivity index (χ1n) is 10.1. The highest BCUT2D eigenvalue weighted by Gasteiger charge is 2.22. The van der Waals surface area contributed by atoms with Crippen molar-refractivity contribution in [2.75, 3.05) is 0 Å². The van der Waals surface area contributed by atoms with Crippen molar-refractivity contribution in [2.24, 2.45) is 17.8 Å². The van der Waals surface area contributed by atoms with Crippen molar-refractivity contribution in [3.8, 4) is 0 Å². The minimum atomic E-state index is 0.798.